The van der Waals surface area contributed by atoms with Crippen LogP contribution < -0.4 is 16.0 Å². The highest BCUT2D eigenvalue weighted by Crippen LogP contribution is 2.37. The summed E-state index contributed by atoms with van der Waals surface area (Å²) in [5.41, 5.74) is 8.42. The summed E-state index contributed by atoms with van der Waals surface area (Å²) in [6.45, 7) is 3.81. The molecule has 1 aliphatic heterocycles. The molecule has 0 radical (unpaired) electrons. The number of thiophene rings is 1. The van der Waals surface area contributed by atoms with E-state index in [1.54, 1.807) is 0 Å². The van der Waals surface area contributed by atoms with Gasteiger partial charge in [0.25, 0.3) is 5.91 Å². The standard InChI is InChI=1S/C21H26N4O2S/c22-20(27)19-16-8-4-5-9-17(16)28-21(19)23-18(26)14-24-10-12-25(13-11-24)15-6-2-1-3-7-15/h1-3,6-7H,4-5,8-14H2,(H2,22,27)(H,23,26). The molecule has 1 aromatic heterocycles. The third-order valence-electron chi connectivity index (χ3n) is 5.53. The first kappa shape index (κ1) is 19.0. The second-order valence-electron chi connectivity index (χ2n) is 7.43. The normalized spacial score (nSPS) is 17.2. The Morgan fingerprint density at radius 1 is 1.04 bits per heavy atom. The number of benzene rings is 1. The summed E-state index contributed by atoms with van der Waals surface area (Å²) in [7, 11) is 0. The third kappa shape index (κ3) is 4.05. The molecule has 1 aliphatic carbocycles. The van der Waals surface area contributed by atoms with Gasteiger partial charge in [-0.15, -0.1) is 11.3 Å². The Balaban J connectivity index is 1.35. The first-order valence-electron chi connectivity index (χ1n) is 9.88. The Hall–Kier alpha value is -2.38. The number of piperazine rings is 1. The van der Waals surface area contributed by atoms with Gasteiger partial charge < -0.3 is 16.0 Å². The van der Waals surface area contributed by atoms with Gasteiger partial charge in [-0.25, -0.2) is 0 Å². The summed E-state index contributed by atoms with van der Waals surface area (Å²) in [5, 5.41) is 3.59. The van der Waals surface area contributed by atoms with Crippen molar-refractivity contribution in [1.29, 1.82) is 0 Å². The van der Waals surface area contributed by atoms with Gasteiger partial charge in [0.1, 0.15) is 5.00 Å². The fourth-order valence-electron chi connectivity index (χ4n) is 4.09. The average Bonchev–Trinajstić information content (AvgIpc) is 3.07. The third-order valence-corrected chi connectivity index (χ3v) is 6.74. The van der Waals surface area contributed by atoms with E-state index >= 15 is 0 Å². The van der Waals surface area contributed by atoms with E-state index in [0.717, 1.165) is 57.4 Å². The SMILES string of the molecule is NC(=O)c1c(NC(=O)CN2CCN(c3ccccc3)CC2)sc2c1CCCC2. The van der Waals surface area contributed by atoms with Gasteiger partial charge in [-0.2, -0.15) is 0 Å². The molecule has 0 atom stereocenters. The van der Waals surface area contributed by atoms with Crippen molar-refractivity contribution in [2.75, 3.05) is 42.9 Å². The van der Waals surface area contributed by atoms with Crippen LogP contribution in [0.1, 0.15) is 33.6 Å². The van der Waals surface area contributed by atoms with Gasteiger partial charge in [-0.3, -0.25) is 14.5 Å². The molecule has 0 saturated carbocycles. The number of aryl methyl sites for hydroxylation is 1. The second kappa shape index (κ2) is 8.32. The monoisotopic (exact) mass is 398 g/mol. The number of primary amides is 1. The molecule has 6 nitrogen and oxygen atoms in total. The Morgan fingerprint density at radius 3 is 2.46 bits per heavy atom. The largest absolute Gasteiger partial charge is 0.369 e. The molecule has 0 unspecified atom stereocenters. The van der Waals surface area contributed by atoms with E-state index in [2.05, 4.69) is 27.2 Å². The first-order chi connectivity index (χ1) is 13.6. The van der Waals surface area contributed by atoms with Gasteiger partial charge in [0.15, 0.2) is 0 Å². The number of nitrogens with one attached hydrogen (secondary N) is 1. The van der Waals surface area contributed by atoms with Crippen LogP contribution in [0, 0.1) is 0 Å². The molecular weight excluding hydrogens is 372 g/mol. The van der Waals surface area contributed by atoms with E-state index < -0.39 is 5.91 Å². The molecule has 1 saturated heterocycles. The molecule has 7 heteroatoms. The number of hydrogen-bond donors (Lipinski definition) is 2. The molecule has 28 heavy (non-hydrogen) atoms. The predicted octanol–water partition coefficient (Wildman–Crippen LogP) is 2.49. The zero-order valence-corrected chi connectivity index (χ0v) is 16.8. The van der Waals surface area contributed by atoms with Crippen LogP contribution in [-0.4, -0.2) is 49.4 Å². The molecule has 2 amide bonds. The molecule has 4 rings (SSSR count). The smallest absolute Gasteiger partial charge is 0.251 e. The predicted molar refractivity (Wildman–Crippen MR) is 113 cm³/mol. The number of para-hydroxylation sites is 1. The zero-order chi connectivity index (χ0) is 19.5. The van der Waals surface area contributed by atoms with Gasteiger partial charge in [0, 0.05) is 36.7 Å². The molecule has 2 aliphatic rings. The van der Waals surface area contributed by atoms with Crippen molar-refractivity contribution in [2.24, 2.45) is 5.73 Å². The van der Waals surface area contributed by atoms with Crippen LogP contribution >= 0.6 is 11.3 Å². The number of rotatable bonds is 5. The van der Waals surface area contributed by atoms with Crippen LogP contribution in [0.15, 0.2) is 30.3 Å². The van der Waals surface area contributed by atoms with Crippen LogP contribution in [0.3, 0.4) is 0 Å². The fourth-order valence-corrected chi connectivity index (χ4v) is 5.40. The summed E-state index contributed by atoms with van der Waals surface area (Å²) in [6.07, 6.45) is 4.05. The maximum Gasteiger partial charge on any atom is 0.251 e. The Morgan fingerprint density at radius 2 is 1.75 bits per heavy atom. The molecule has 2 aromatic rings. The number of hydrogen-bond acceptors (Lipinski definition) is 5. The molecular formula is C21H26N4O2S. The highest BCUT2D eigenvalue weighted by molar-refractivity contribution is 7.17. The quantitative estimate of drug-likeness (QED) is 0.811. The van der Waals surface area contributed by atoms with Crippen LogP contribution in [-0.2, 0) is 17.6 Å². The Kier molecular flexibility index (Phi) is 5.64. The van der Waals surface area contributed by atoms with Crippen LogP contribution in [0.25, 0.3) is 0 Å². The van der Waals surface area contributed by atoms with E-state index in [0.29, 0.717) is 17.1 Å². The van der Waals surface area contributed by atoms with E-state index in [-0.39, 0.29) is 5.91 Å². The van der Waals surface area contributed by atoms with Crippen molar-refractivity contribution >= 4 is 33.8 Å². The van der Waals surface area contributed by atoms with Crippen molar-refractivity contribution in [2.45, 2.75) is 25.7 Å². The average molecular weight is 399 g/mol. The molecule has 1 aromatic carbocycles. The number of amides is 2. The van der Waals surface area contributed by atoms with Crippen molar-refractivity contribution in [3.05, 3.63) is 46.3 Å². The zero-order valence-electron chi connectivity index (χ0n) is 15.9. The molecule has 148 valence electrons. The maximum atomic E-state index is 12.6. The number of nitrogens with zero attached hydrogens (tertiary/aromatic N) is 2. The number of carbonyl (C=O) groups excluding carboxylic acids is 2. The lowest BCUT2D eigenvalue weighted by atomic mass is 9.95. The molecule has 0 spiro atoms. The lowest BCUT2D eigenvalue weighted by Crippen LogP contribution is -2.48. The number of fused-ring (bicyclic) bond motifs is 1. The van der Waals surface area contributed by atoms with Gasteiger partial charge in [0.05, 0.1) is 12.1 Å². The number of carbonyl (C=O) groups is 2. The summed E-state index contributed by atoms with van der Waals surface area (Å²) in [5.74, 6) is -0.513. The van der Waals surface area contributed by atoms with Crippen molar-refractivity contribution < 1.29 is 9.59 Å². The van der Waals surface area contributed by atoms with Crippen LogP contribution in [0.4, 0.5) is 10.7 Å². The van der Waals surface area contributed by atoms with Gasteiger partial charge in [0.2, 0.25) is 5.91 Å². The molecule has 2 heterocycles. The summed E-state index contributed by atoms with van der Waals surface area (Å²) in [6, 6.07) is 10.4. The maximum absolute atomic E-state index is 12.6. The molecule has 3 N–H and O–H groups in total. The first-order valence-corrected chi connectivity index (χ1v) is 10.7. The minimum atomic E-state index is -0.439. The van der Waals surface area contributed by atoms with E-state index in [4.69, 9.17) is 5.73 Å². The number of anilines is 2. The topological polar surface area (TPSA) is 78.7 Å². The summed E-state index contributed by atoms with van der Waals surface area (Å²) in [4.78, 5) is 30.3. The van der Waals surface area contributed by atoms with Crippen molar-refractivity contribution in [3.8, 4) is 0 Å². The van der Waals surface area contributed by atoms with Crippen molar-refractivity contribution in [1.82, 2.24) is 4.90 Å². The van der Waals surface area contributed by atoms with E-state index in [1.807, 2.05) is 18.2 Å². The van der Waals surface area contributed by atoms with Crippen LogP contribution in [0.5, 0.6) is 0 Å². The highest BCUT2D eigenvalue weighted by atomic mass is 32.1. The second-order valence-corrected chi connectivity index (χ2v) is 8.53. The Labute approximate surface area is 169 Å². The minimum Gasteiger partial charge on any atom is -0.369 e. The van der Waals surface area contributed by atoms with E-state index in [9.17, 15) is 9.59 Å². The van der Waals surface area contributed by atoms with Crippen molar-refractivity contribution in [3.63, 3.8) is 0 Å². The van der Waals surface area contributed by atoms with Crippen LogP contribution in [0.2, 0.25) is 0 Å². The lowest BCUT2D eigenvalue weighted by Gasteiger charge is -2.35. The highest BCUT2D eigenvalue weighted by Gasteiger charge is 2.26. The Bertz CT molecular complexity index is 857. The minimum absolute atomic E-state index is 0.0748. The van der Waals surface area contributed by atoms with Gasteiger partial charge >= 0.3 is 0 Å². The molecule has 1 fully saturated rings. The van der Waals surface area contributed by atoms with Gasteiger partial charge in [-0.1, -0.05) is 18.2 Å². The van der Waals surface area contributed by atoms with E-state index in [1.165, 1.54) is 21.9 Å². The lowest BCUT2D eigenvalue weighted by molar-refractivity contribution is -0.117. The summed E-state index contributed by atoms with van der Waals surface area (Å²) >= 11 is 1.52. The number of nitrogens with two attached hydrogens (primary N) is 1. The van der Waals surface area contributed by atoms with Gasteiger partial charge in [-0.05, 0) is 43.4 Å². The fraction of sp³-hybridized carbons (Fsp3) is 0.429. The molecule has 0 bridgehead atoms. The summed E-state index contributed by atoms with van der Waals surface area (Å²) < 4.78 is 0.